The maximum atomic E-state index is 12.6. The summed E-state index contributed by atoms with van der Waals surface area (Å²) in [6.07, 6.45) is 2.59. The van der Waals surface area contributed by atoms with Crippen LogP contribution in [-0.4, -0.2) is 17.5 Å². The molecule has 1 aliphatic rings. The Labute approximate surface area is 121 Å². The number of fused-ring (bicyclic) bond motifs is 2. The fourth-order valence-corrected chi connectivity index (χ4v) is 3.23. The van der Waals surface area contributed by atoms with E-state index in [0.29, 0.717) is 17.9 Å². The Balaban J connectivity index is 1.91. The van der Waals surface area contributed by atoms with Gasteiger partial charge in [-0.3, -0.25) is 4.79 Å². The van der Waals surface area contributed by atoms with E-state index in [-0.39, 0.29) is 12.4 Å². The lowest BCUT2D eigenvalue weighted by Gasteiger charge is -2.08. The number of unbranched alkanes of at least 4 members (excludes halogenated alkanes) is 1. The number of ether oxygens (including phenoxy) is 1. The number of rotatable bonds is 4. The molecule has 0 amide bonds. The zero-order valence-corrected chi connectivity index (χ0v) is 11.9. The Morgan fingerprint density at radius 2 is 2.10 bits per heavy atom. The molecule has 1 aromatic heterocycles. The third-order valence-corrected chi connectivity index (χ3v) is 4.32. The van der Waals surface area contributed by atoms with E-state index >= 15 is 0 Å². The monoisotopic (exact) mass is 288 g/mol. The van der Waals surface area contributed by atoms with Crippen molar-refractivity contribution in [3.63, 3.8) is 0 Å². The number of aliphatic hydroxyl groups is 1. The molecule has 0 fully saturated rings. The molecule has 1 N–H and O–H groups in total. The van der Waals surface area contributed by atoms with Crippen LogP contribution in [0.1, 0.15) is 39.9 Å². The third-order valence-electron chi connectivity index (χ3n) is 3.53. The maximum Gasteiger partial charge on any atom is 0.198 e. The molecule has 1 aromatic carbocycles. The predicted molar refractivity (Wildman–Crippen MR) is 78.5 cm³/mol. The highest BCUT2D eigenvalue weighted by Crippen LogP contribution is 2.31. The van der Waals surface area contributed by atoms with Gasteiger partial charge in [0.1, 0.15) is 12.4 Å². The fraction of sp³-hybridized carbons (Fsp3) is 0.312. The smallest absolute Gasteiger partial charge is 0.198 e. The van der Waals surface area contributed by atoms with E-state index in [0.717, 1.165) is 36.0 Å². The fourth-order valence-electron chi connectivity index (χ4n) is 2.41. The van der Waals surface area contributed by atoms with Crippen molar-refractivity contribution >= 4 is 17.1 Å². The van der Waals surface area contributed by atoms with Gasteiger partial charge in [0.05, 0.1) is 5.56 Å². The van der Waals surface area contributed by atoms with Crippen molar-refractivity contribution in [1.29, 1.82) is 0 Å². The van der Waals surface area contributed by atoms with Crippen molar-refractivity contribution in [3.05, 3.63) is 51.2 Å². The molecule has 3 rings (SSSR count). The molecule has 0 unspecified atom stereocenters. The number of thiophene rings is 1. The minimum absolute atomic E-state index is 0.0535. The number of hydrogen-bond donors (Lipinski definition) is 1. The second-order valence-electron chi connectivity index (χ2n) is 4.94. The van der Waals surface area contributed by atoms with Gasteiger partial charge in [-0.15, -0.1) is 0 Å². The first-order valence-corrected chi connectivity index (χ1v) is 7.70. The number of aliphatic hydroxyl groups excluding tert-OH is 1. The Morgan fingerprint density at radius 3 is 2.95 bits per heavy atom. The summed E-state index contributed by atoms with van der Waals surface area (Å²) in [6.45, 7) is 0.673. The van der Waals surface area contributed by atoms with Crippen LogP contribution in [0.25, 0.3) is 0 Å². The van der Waals surface area contributed by atoms with Gasteiger partial charge in [0.15, 0.2) is 5.78 Å². The number of carbonyl (C=O) groups is 1. The first kappa shape index (κ1) is 13.3. The average Bonchev–Trinajstić information content (AvgIpc) is 2.89. The highest BCUT2D eigenvalue weighted by molar-refractivity contribution is 7.08. The lowest BCUT2D eigenvalue weighted by molar-refractivity contribution is 0.103. The quantitative estimate of drug-likeness (QED) is 0.879. The molecule has 0 saturated carbocycles. The summed E-state index contributed by atoms with van der Waals surface area (Å²) in [5.74, 6) is 0.722. The lowest BCUT2D eigenvalue weighted by Crippen LogP contribution is -2.01. The molecule has 3 nitrogen and oxygen atoms in total. The molecular weight excluding hydrogens is 272 g/mol. The van der Waals surface area contributed by atoms with Gasteiger partial charge in [0.25, 0.3) is 0 Å². The first-order valence-electron chi connectivity index (χ1n) is 6.76. The molecular formula is C16H16O3S. The molecule has 0 saturated heterocycles. The predicted octanol–water partition coefficient (Wildman–Crippen LogP) is 3.19. The van der Waals surface area contributed by atoms with Crippen LogP contribution in [0.15, 0.2) is 29.0 Å². The highest BCUT2D eigenvalue weighted by atomic mass is 32.1. The van der Waals surface area contributed by atoms with Crippen LogP contribution in [0.3, 0.4) is 0 Å². The van der Waals surface area contributed by atoms with Gasteiger partial charge in [0, 0.05) is 23.1 Å². The molecule has 0 aliphatic carbocycles. The van der Waals surface area contributed by atoms with Crippen LogP contribution >= 0.6 is 11.3 Å². The van der Waals surface area contributed by atoms with Crippen LogP contribution in [0.5, 0.6) is 5.75 Å². The molecule has 0 spiro atoms. The molecule has 1 aliphatic heterocycles. The van der Waals surface area contributed by atoms with E-state index in [1.54, 1.807) is 0 Å². The number of carbonyl (C=O) groups excluding carboxylic acids is 1. The molecule has 4 heteroatoms. The van der Waals surface area contributed by atoms with Crippen LogP contribution in [-0.2, 0) is 13.0 Å². The van der Waals surface area contributed by atoms with E-state index in [4.69, 9.17) is 9.84 Å². The van der Waals surface area contributed by atoms with Gasteiger partial charge in [-0.1, -0.05) is 6.07 Å². The Morgan fingerprint density at radius 1 is 1.20 bits per heavy atom. The zero-order chi connectivity index (χ0) is 13.9. The molecule has 104 valence electrons. The normalized spacial score (nSPS) is 13.3. The van der Waals surface area contributed by atoms with Crippen molar-refractivity contribution < 1.29 is 14.6 Å². The van der Waals surface area contributed by atoms with Crippen molar-refractivity contribution in [2.75, 3.05) is 6.61 Å². The summed E-state index contributed by atoms with van der Waals surface area (Å²) in [4.78, 5) is 12.6. The summed E-state index contributed by atoms with van der Waals surface area (Å²) in [5, 5.41) is 12.7. The second-order valence-corrected chi connectivity index (χ2v) is 5.68. The number of ketones is 1. The van der Waals surface area contributed by atoms with E-state index in [1.807, 2.05) is 29.0 Å². The summed E-state index contributed by atoms with van der Waals surface area (Å²) < 4.78 is 5.73. The summed E-state index contributed by atoms with van der Waals surface area (Å²) >= 11 is 1.54. The van der Waals surface area contributed by atoms with Gasteiger partial charge in [-0.05, 0) is 42.3 Å². The molecule has 2 aromatic rings. The van der Waals surface area contributed by atoms with E-state index in [2.05, 4.69) is 0 Å². The molecule has 0 bridgehead atoms. The minimum atomic E-state index is 0.0535. The van der Waals surface area contributed by atoms with Gasteiger partial charge < -0.3 is 9.84 Å². The zero-order valence-electron chi connectivity index (χ0n) is 11.1. The van der Waals surface area contributed by atoms with Crippen molar-refractivity contribution in [1.82, 2.24) is 0 Å². The summed E-state index contributed by atoms with van der Waals surface area (Å²) in [5.41, 5.74) is 3.51. The number of benzene rings is 1. The lowest BCUT2D eigenvalue weighted by atomic mass is 9.99. The van der Waals surface area contributed by atoms with Gasteiger partial charge in [-0.2, -0.15) is 11.3 Å². The second kappa shape index (κ2) is 5.77. The van der Waals surface area contributed by atoms with Crippen LogP contribution in [0, 0.1) is 0 Å². The molecule has 0 atom stereocenters. The average molecular weight is 288 g/mol. The number of aryl methyl sites for hydroxylation is 1. The van der Waals surface area contributed by atoms with Crippen molar-refractivity contribution in [3.8, 4) is 5.75 Å². The topological polar surface area (TPSA) is 46.5 Å². The van der Waals surface area contributed by atoms with E-state index in [9.17, 15) is 4.79 Å². The van der Waals surface area contributed by atoms with Gasteiger partial charge in [-0.25, -0.2) is 0 Å². The van der Waals surface area contributed by atoms with E-state index < -0.39 is 0 Å². The number of hydrogen-bond acceptors (Lipinski definition) is 4. The molecule has 2 heterocycles. The van der Waals surface area contributed by atoms with Crippen molar-refractivity contribution in [2.45, 2.75) is 25.9 Å². The summed E-state index contributed by atoms with van der Waals surface area (Å²) in [7, 11) is 0. The largest absolute Gasteiger partial charge is 0.488 e. The Hall–Kier alpha value is -1.65. The Kier molecular flexibility index (Phi) is 3.85. The summed E-state index contributed by atoms with van der Waals surface area (Å²) in [6, 6.07) is 5.82. The van der Waals surface area contributed by atoms with Crippen LogP contribution in [0.2, 0.25) is 0 Å². The van der Waals surface area contributed by atoms with Crippen LogP contribution in [0.4, 0.5) is 0 Å². The minimum Gasteiger partial charge on any atom is -0.488 e. The van der Waals surface area contributed by atoms with Crippen LogP contribution < -0.4 is 4.74 Å². The standard InChI is InChI=1S/C16H16O3S/c17-6-2-1-3-11-4-5-15-13(7-11)16(18)14-10-20-9-12(14)8-19-15/h4-5,7,9-10,17H,1-3,6,8H2. The van der Waals surface area contributed by atoms with E-state index in [1.165, 1.54) is 11.3 Å². The van der Waals surface area contributed by atoms with Gasteiger partial charge in [0.2, 0.25) is 0 Å². The molecule has 20 heavy (non-hydrogen) atoms. The highest BCUT2D eigenvalue weighted by Gasteiger charge is 2.23. The SMILES string of the molecule is O=C1c2cscc2COc2ccc(CCCCO)cc21. The first-order chi connectivity index (χ1) is 9.79. The Bertz CT molecular complexity index is 630. The molecule has 0 radical (unpaired) electrons. The van der Waals surface area contributed by atoms with Gasteiger partial charge >= 0.3 is 0 Å². The van der Waals surface area contributed by atoms with Crippen molar-refractivity contribution in [2.24, 2.45) is 0 Å². The maximum absolute atomic E-state index is 12.6. The third kappa shape index (κ3) is 2.49.